The van der Waals surface area contributed by atoms with Gasteiger partial charge in [0.1, 0.15) is 12.4 Å². The highest BCUT2D eigenvalue weighted by molar-refractivity contribution is 6.30. The third kappa shape index (κ3) is 4.72. The molecule has 0 aliphatic heterocycles. The van der Waals surface area contributed by atoms with Crippen LogP contribution in [0, 0.1) is 0 Å². The summed E-state index contributed by atoms with van der Waals surface area (Å²) in [5.41, 5.74) is 2.40. The maximum absolute atomic E-state index is 5.95. The molecule has 0 saturated heterocycles. The van der Waals surface area contributed by atoms with Crippen LogP contribution in [0.1, 0.15) is 11.1 Å². The van der Waals surface area contributed by atoms with Crippen LogP contribution in [0.15, 0.2) is 61.2 Å². The number of nitrogens with one attached hydrogen (secondary N) is 1. The molecule has 0 atom stereocenters. The van der Waals surface area contributed by atoms with E-state index in [1.54, 1.807) is 6.08 Å². The zero-order valence-corrected chi connectivity index (χ0v) is 12.1. The second kappa shape index (κ2) is 7.73. The van der Waals surface area contributed by atoms with Crippen LogP contribution in [-0.2, 0) is 13.1 Å². The lowest BCUT2D eigenvalue weighted by atomic mass is 10.2. The Hall–Kier alpha value is -1.77. The van der Waals surface area contributed by atoms with Gasteiger partial charge in [0, 0.05) is 18.1 Å². The van der Waals surface area contributed by atoms with Gasteiger partial charge in [0.2, 0.25) is 0 Å². The Morgan fingerprint density at radius 3 is 2.50 bits per heavy atom. The van der Waals surface area contributed by atoms with Gasteiger partial charge < -0.3 is 10.1 Å². The molecule has 0 heterocycles. The van der Waals surface area contributed by atoms with Gasteiger partial charge in [0.05, 0.1) is 0 Å². The lowest BCUT2D eigenvalue weighted by molar-refractivity contribution is 0.363. The van der Waals surface area contributed by atoms with Crippen molar-refractivity contribution in [1.82, 2.24) is 5.32 Å². The Balaban J connectivity index is 1.80. The molecule has 0 radical (unpaired) electrons. The predicted molar refractivity (Wildman–Crippen MR) is 84.1 cm³/mol. The highest BCUT2D eigenvalue weighted by Crippen LogP contribution is 2.13. The van der Waals surface area contributed by atoms with Gasteiger partial charge in [-0.3, -0.25) is 0 Å². The molecule has 1 N–H and O–H groups in total. The molecule has 2 nitrogen and oxygen atoms in total. The third-order valence-corrected chi connectivity index (χ3v) is 3.07. The number of hydrogen-bond donors (Lipinski definition) is 1. The first-order valence-corrected chi connectivity index (χ1v) is 6.93. The average Bonchev–Trinajstić information content (AvgIpc) is 2.46. The molecule has 0 spiro atoms. The molecule has 0 bridgehead atoms. The molecular weight excluding hydrogens is 270 g/mol. The second-order valence-corrected chi connectivity index (χ2v) is 4.91. The highest BCUT2D eigenvalue weighted by atomic mass is 35.5. The number of benzene rings is 2. The molecule has 20 heavy (non-hydrogen) atoms. The molecule has 0 aliphatic carbocycles. The molecule has 0 fully saturated rings. The lowest BCUT2D eigenvalue weighted by Gasteiger charge is -2.07. The fourth-order valence-corrected chi connectivity index (χ4v) is 2.07. The summed E-state index contributed by atoms with van der Waals surface area (Å²) in [4.78, 5) is 0. The quantitative estimate of drug-likeness (QED) is 0.771. The van der Waals surface area contributed by atoms with Crippen molar-refractivity contribution < 1.29 is 4.74 Å². The lowest BCUT2D eigenvalue weighted by Crippen LogP contribution is -2.12. The molecular formula is C17H18ClNO. The Bertz CT molecular complexity index is 551. The van der Waals surface area contributed by atoms with E-state index in [2.05, 4.69) is 30.1 Å². The molecule has 2 rings (SSSR count). The standard InChI is InChI=1S/C17H18ClNO/c1-2-10-20-17-8-6-14(7-9-17)12-19-13-15-4-3-5-16(18)11-15/h2-9,11,19H,1,10,12-13H2. The predicted octanol–water partition coefficient (Wildman–Crippen LogP) is 4.19. The summed E-state index contributed by atoms with van der Waals surface area (Å²) >= 11 is 5.95. The monoisotopic (exact) mass is 287 g/mol. The van der Waals surface area contributed by atoms with E-state index in [4.69, 9.17) is 16.3 Å². The van der Waals surface area contributed by atoms with E-state index >= 15 is 0 Å². The van der Waals surface area contributed by atoms with Gasteiger partial charge >= 0.3 is 0 Å². The molecule has 0 unspecified atom stereocenters. The minimum absolute atomic E-state index is 0.534. The summed E-state index contributed by atoms with van der Waals surface area (Å²) < 4.78 is 5.44. The Morgan fingerprint density at radius 1 is 1.05 bits per heavy atom. The van der Waals surface area contributed by atoms with E-state index in [1.165, 1.54) is 11.1 Å². The Morgan fingerprint density at radius 2 is 1.80 bits per heavy atom. The van der Waals surface area contributed by atoms with E-state index in [1.807, 2.05) is 30.3 Å². The smallest absolute Gasteiger partial charge is 0.119 e. The fourth-order valence-electron chi connectivity index (χ4n) is 1.86. The molecule has 2 aromatic carbocycles. The zero-order valence-electron chi connectivity index (χ0n) is 11.3. The molecule has 0 amide bonds. The van der Waals surface area contributed by atoms with E-state index in [0.29, 0.717) is 6.61 Å². The maximum Gasteiger partial charge on any atom is 0.119 e. The van der Waals surface area contributed by atoms with Gasteiger partial charge in [0.25, 0.3) is 0 Å². The fraction of sp³-hybridized carbons (Fsp3) is 0.176. The third-order valence-electron chi connectivity index (χ3n) is 2.84. The average molecular weight is 288 g/mol. The van der Waals surface area contributed by atoms with Crippen LogP contribution < -0.4 is 10.1 Å². The van der Waals surface area contributed by atoms with Crippen LogP contribution in [0.2, 0.25) is 5.02 Å². The van der Waals surface area contributed by atoms with Crippen molar-refractivity contribution in [1.29, 1.82) is 0 Å². The van der Waals surface area contributed by atoms with Gasteiger partial charge in [-0.25, -0.2) is 0 Å². The summed E-state index contributed by atoms with van der Waals surface area (Å²) in [6.07, 6.45) is 1.74. The van der Waals surface area contributed by atoms with Crippen molar-refractivity contribution >= 4 is 11.6 Å². The first-order valence-electron chi connectivity index (χ1n) is 6.56. The van der Waals surface area contributed by atoms with Crippen LogP contribution in [0.4, 0.5) is 0 Å². The zero-order chi connectivity index (χ0) is 14.2. The van der Waals surface area contributed by atoms with E-state index in [-0.39, 0.29) is 0 Å². The molecule has 0 aromatic heterocycles. The topological polar surface area (TPSA) is 21.3 Å². The molecule has 0 saturated carbocycles. The molecule has 0 aliphatic rings. The Labute approximate surface area is 125 Å². The normalized spacial score (nSPS) is 10.2. The van der Waals surface area contributed by atoms with Crippen molar-refractivity contribution in [2.45, 2.75) is 13.1 Å². The highest BCUT2D eigenvalue weighted by Gasteiger charge is 1.97. The van der Waals surface area contributed by atoms with Crippen LogP contribution in [0.5, 0.6) is 5.75 Å². The van der Waals surface area contributed by atoms with Crippen molar-refractivity contribution in [2.24, 2.45) is 0 Å². The number of ether oxygens (including phenoxy) is 1. The summed E-state index contributed by atoms with van der Waals surface area (Å²) in [6, 6.07) is 15.9. The van der Waals surface area contributed by atoms with Crippen LogP contribution in [0.3, 0.4) is 0 Å². The molecule has 2 aromatic rings. The van der Waals surface area contributed by atoms with Crippen molar-refractivity contribution in [3.8, 4) is 5.75 Å². The van der Waals surface area contributed by atoms with Gasteiger partial charge in [-0.1, -0.05) is 48.5 Å². The van der Waals surface area contributed by atoms with Crippen LogP contribution >= 0.6 is 11.6 Å². The summed E-state index contributed by atoms with van der Waals surface area (Å²) in [7, 11) is 0. The van der Waals surface area contributed by atoms with Crippen molar-refractivity contribution in [3.63, 3.8) is 0 Å². The van der Waals surface area contributed by atoms with Gasteiger partial charge in [-0.05, 0) is 35.4 Å². The minimum Gasteiger partial charge on any atom is -0.490 e. The van der Waals surface area contributed by atoms with Gasteiger partial charge in [-0.15, -0.1) is 0 Å². The summed E-state index contributed by atoms with van der Waals surface area (Å²) in [5.74, 6) is 0.864. The van der Waals surface area contributed by atoms with Gasteiger partial charge in [-0.2, -0.15) is 0 Å². The van der Waals surface area contributed by atoms with E-state index in [9.17, 15) is 0 Å². The Kier molecular flexibility index (Phi) is 5.66. The maximum atomic E-state index is 5.95. The number of hydrogen-bond acceptors (Lipinski definition) is 2. The number of rotatable bonds is 7. The summed E-state index contributed by atoms with van der Waals surface area (Å²) in [5, 5.41) is 4.16. The number of halogens is 1. The first-order chi connectivity index (χ1) is 9.78. The first kappa shape index (κ1) is 14.6. The summed E-state index contributed by atoms with van der Waals surface area (Å²) in [6.45, 7) is 5.77. The largest absolute Gasteiger partial charge is 0.490 e. The SMILES string of the molecule is C=CCOc1ccc(CNCc2cccc(Cl)c2)cc1. The van der Waals surface area contributed by atoms with Crippen LogP contribution in [-0.4, -0.2) is 6.61 Å². The van der Waals surface area contributed by atoms with Gasteiger partial charge in [0.15, 0.2) is 0 Å². The van der Waals surface area contributed by atoms with E-state index in [0.717, 1.165) is 23.9 Å². The van der Waals surface area contributed by atoms with Crippen molar-refractivity contribution in [2.75, 3.05) is 6.61 Å². The minimum atomic E-state index is 0.534. The van der Waals surface area contributed by atoms with Crippen LogP contribution in [0.25, 0.3) is 0 Å². The molecule has 104 valence electrons. The second-order valence-electron chi connectivity index (χ2n) is 4.48. The van der Waals surface area contributed by atoms with Crippen molar-refractivity contribution in [3.05, 3.63) is 77.3 Å². The molecule has 3 heteroatoms. The van der Waals surface area contributed by atoms with E-state index < -0.39 is 0 Å².